The van der Waals surface area contributed by atoms with Gasteiger partial charge in [-0.1, -0.05) is 51.8 Å². The minimum Gasteiger partial charge on any atom is -0.321 e. The van der Waals surface area contributed by atoms with Crippen molar-refractivity contribution in [2.24, 2.45) is 5.73 Å². The van der Waals surface area contributed by atoms with Gasteiger partial charge in [-0.2, -0.15) is 0 Å². The average Bonchev–Trinajstić information content (AvgIpc) is 2.35. The second-order valence-electron chi connectivity index (χ2n) is 4.81. The van der Waals surface area contributed by atoms with Gasteiger partial charge in [-0.3, -0.25) is 0 Å². The van der Waals surface area contributed by atoms with Crippen molar-refractivity contribution in [3.63, 3.8) is 0 Å². The molecule has 1 atom stereocenters. The van der Waals surface area contributed by atoms with Gasteiger partial charge in [0.05, 0.1) is 5.02 Å². The molecule has 19 heavy (non-hydrogen) atoms. The van der Waals surface area contributed by atoms with Gasteiger partial charge in [-0.05, 0) is 42.7 Å². The number of nitrogens with two attached hydrogens (primary N) is 1. The largest absolute Gasteiger partial charge is 0.321 e. The number of hydrogen-bond acceptors (Lipinski definition) is 1. The van der Waals surface area contributed by atoms with Crippen LogP contribution in [-0.2, 0) is 12.0 Å². The Kier molecular flexibility index (Phi) is 4.29. The fourth-order valence-corrected chi connectivity index (χ4v) is 2.47. The molecule has 0 saturated carbocycles. The molecule has 0 fully saturated rings. The number of halogens is 3. The molecule has 2 aromatic rings. The van der Waals surface area contributed by atoms with Gasteiger partial charge in [0, 0.05) is 10.0 Å². The predicted octanol–water partition coefficient (Wildman–Crippen LogP) is 4.66. The zero-order valence-electron chi connectivity index (χ0n) is 10.5. The normalized spacial score (nSPS) is 14.2. The highest BCUT2D eigenvalue weighted by Crippen LogP contribution is 2.28. The molecule has 2 aromatic carbocycles. The molecular weight excluding hydrogens is 329 g/mol. The van der Waals surface area contributed by atoms with E-state index in [-0.39, 0.29) is 5.02 Å². The summed E-state index contributed by atoms with van der Waals surface area (Å²) >= 11 is 9.36. The smallest absolute Gasteiger partial charge is 0.142 e. The molecule has 0 amide bonds. The lowest BCUT2D eigenvalue weighted by Crippen LogP contribution is -2.35. The summed E-state index contributed by atoms with van der Waals surface area (Å²) in [6.07, 6.45) is 0.477. The summed E-state index contributed by atoms with van der Waals surface area (Å²) in [6.45, 7) is 1.91. The summed E-state index contributed by atoms with van der Waals surface area (Å²) < 4.78 is 14.4. The summed E-state index contributed by atoms with van der Waals surface area (Å²) in [7, 11) is 0. The van der Waals surface area contributed by atoms with Gasteiger partial charge in [0.15, 0.2) is 0 Å². The first-order valence-corrected chi connectivity index (χ1v) is 7.05. The van der Waals surface area contributed by atoms with Gasteiger partial charge < -0.3 is 5.73 Å². The van der Waals surface area contributed by atoms with E-state index in [1.165, 1.54) is 6.07 Å². The average molecular weight is 343 g/mol. The summed E-state index contributed by atoms with van der Waals surface area (Å²) in [5.41, 5.74) is 7.44. The molecule has 1 unspecified atom stereocenters. The molecule has 4 heteroatoms. The first-order chi connectivity index (χ1) is 8.90. The van der Waals surface area contributed by atoms with Gasteiger partial charge >= 0.3 is 0 Å². The quantitative estimate of drug-likeness (QED) is 0.862. The van der Waals surface area contributed by atoms with Crippen molar-refractivity contribution in [1.29, 1.82) is 0 Å². The Morgan fingerprint density at radius 2 is 1.84 bits per heavy atom. The Bertz CT molecular complexity index is 581. The molecule has 1 nitrogen and oxygen atoms in total. The Labute approximate surface area is 125 Å². The highest BCUT2D eigenvalue weighted by molar-refractivity contribution is 9.10. The zero-order valence-corrected chi connectivity index (χ0v) is 12.8. The third-order valence-electron chi connectivity index (χ3n) is 3.09. The van der Waals surface area contributed by atoms with Crippen LogP contribution in [0.1, 0.15) is 18.1 Å². The maximum Gasteiger partial charge on any atom is 0.142 e. The van der Waals surface area contributed by atoms with Crippen molar-refractivity contribution in [2.45, 2.75) is 18.9 Å². The SMILES string of the molecule is CC(N)(Cc1cccc(F)c1Cl)c1ccc(Br)cc1. The van der Waals surface area contributed by atoms with Crippen molar-refractivity contribution in [1.82, 2.24) is 0 Å². The lowest BCUT2D eigenvalue weighted by molar-refractivity contribution is 0.489. The van der Waals surface area contributed by atoms with E-state index in [0.29, 0.717) is 6.42 Å². The van der Waals surface area contributed by atoms with Crippen LogP contribution >= 0.6 is 27.5 Å². The maximum atomic E-state index is 13.4. The second-order valence-corrected chi connectivity index (χ2v) is 6.11. The van der Waals surface area contributed by atoms with Crippen LogP contribution in [0.2, 0.25) is 5.02 Å². The van der Waals surface area contributed by atoms with Crippen LogP contribution < -0.4 is 5.73 Å². The molecule has 0 aliphatic heterocycles. The summed E-state index contributed by atoms with van der Waals surface area (Å²) in [5.74, 6) is -0.411. The summed E-state index contributed by atoms with van der Waals surface area (Å²) in [4.78, 5) is 0. The molecule has 0 radical (unpaired) electrons. The second kappa shape index (κ2) is 5.61. The van der Waals surface area contributed by atoms with E-state index in [1.807, 2.05) is 31.2 Å². The predicted molar refractivity (Wildman–Crippen MR) is 80.8 cm³/mol. The van der Waals surface area contributed by atoms with Crippen LogP contribution in [0.25, 0.3) is 0 Å². The maximum absolute atomic E-state index is 13.4. The molecule has 2 N–H and O–H groups in total. The fraction of sp³-hybridized carbons (Fsp3) is 0.200. The Morgan fingerprint density at radius 3 is 2.47 bits per heavy atom. The first-order valence-electron chi connectivity index (χ1n) is 5.88. The van der Waals surface area contributed by atoms with E-state index in [4.69, 9.17) is 17.3 Å². The highest BCUT2D eigenvalue weighted by Gasteiger charge is 2.23. The topological polar surface area (TPSA) is 26.0 Å². The number of benzene rings is 2. The van der Waals surface area contributed by atoms with Crippen LogP contribution in [0.4, 0.5) is 4.39 Å². The van der Waals surface area contributed by atoms with E-state index in [9.17, 15) is 4.39 Å². The van der Waals surface area contributed by atoms with E-state index in [0.717, 1.165) is 15.6 Å². The van der Waals surface area contributed by atoms with Crippen molar-refractivity contribution in [3.8, 4) is 0 Å². The Morgan fingerprint density at radius 1 is 1.21 bits per heavy atom. The molecule has 2 rings (SSSR count). The number of rotatable bonds is 3. The van der Waals surface area contributed by atoms with Crippen molar-refractivity contribution in [3.05, 3.63) is 68.9 Å². The third-order valence-corrected chi connectivity index (χ3v) is 4.04. The molecule has 0 bridgehead atoms. The molecular formula is C15H14BrClFN. The molecule has 100 valence electrons. The first kappa shape index (κ1) is 14.5. The van der Waals surface area contributed by atoms with Gasteiger partial charge in [0.25, 0.3) is 0 Å². The molecule has 0 aliphatic carbocycles. The van der Waals surface area contributed by atoms with Gasteiger partial charge in [-0.15, -0.1) is 0 Å². The van der Waals surface area contributed by atoms with Crippen LogP contribution in [0.3, 0.4) is 0 Å². The van der Waals surface area contributed by atoms with Gasteiger partial charge in [0.1, 0.15) is 5.82 Å². The lowest BCUT2D eigenvalue weighted by atomic mass is 9.86. The molecule has 0 aromatic heterocycles. The van der Waals surface area contributed by atoms with Crippen LogP contribution in [0.5, 0.6) is 0 Å². The van der Waals surface area contributed by atoms with E-state index in [2.05, 4.69) is 15.9 Å². The summed E-state index contributed by atoms with van der Waals surface area (Å²) in [5, 5.41) is 0.149. The molecule has 0 saturated heterocycles. The van der Waals surface area contributed by atoms with Crippen molar-refractivity contribution in [2.75, 3.05) is 0 Å². The van der Waals surface area contributed by atoms with Crippen LogP contribution in [0.15, 0.2) is 46.9 Å². The van der Waals surface area contributed by atoms with Crippen molar-refractivity contribution < 1.29 is 4.39 Å². The minimum atomic E-state index is -0.599. The summed E-state index contributed by atoms with van der Waals surface area (Å²) in [6, 6.07) is 12.6. The van der Waals surface area contributed by atoms with E-state index >= 15 is 0 Å². The monoisotopic (exact) mass is 341 g/mol. The third kappa shape index (κ3) is 3.35. The molecule has 0 aliphatic rings. The van der Waals surface area contributed by atoms with Gasteiger partial charge in [-0.25, -0.2) is 4.39 Å². The number of hydrogen-bond donors (Lipinski definition) is 1. The minimum absolute atomic E-state index is 0.149. The fourth-order valence-electron chi connectivity index (χ4n) is 2.01. The standard InChI is InChI=1S/C15H14BrClFN/c1-15(19,11-5-7-12(16)8-6-11)9-10-3-2-4-13(18)14(10)17/h2-8H,9,19H2,1H3. The molecule has 0 heterocycles. The van der Waals surface area contributed by atoms with Crippen LogP contribution in [-0.4, -0.2) is 0 Å². The van der Waals surface area contributed by atoms with E-state index in [1.54, 1.807) is 12.1 Å². The zero-order chi connectivity index (χ0) is 14.0. The van der Waals surface area contributed by atoms with Crippen LogP contribution in [0, 0.1) is 5.82 Å². The lowest BCUT2D eigenvalue weighted by Gasteiger charge is -2.26. The molecule has 0 spiro atoms. The van der Waals surface area contributed by atoms with E-state index < -0.39 is 11.4 Å². The van der Waals surface area contributed by atoms with Crippen molar-refractivity contribution >= 4 is 27.5 Å². The Balaban J connectivity index is 2.30. The Hall–Kier alpha value is -0.900. The van der Waals surface area contributed by atoms with Gasteiger partial charge in [0.2, 0.25) is 0 Å². The highest BCUT2D eigenvalue weighted by atomic mass is 79.9.